The van der Waals surface area contributed by atoms with Gasteiger partial charge >= 0.3 is 0 Å². The SMILES string of the molecule is COc1ccc(OC)c(S(=O)(=O)NCC(O)c2csc3ccccc23)c1. The Hall–Kier alpha value is -2.13. The van der Waals surface area contributed by atoms with Gasteiger partial charge < -0.3 is 14.6 Å². The van der Waals surface area contributed by atoms with E-state index in [1.54, 1.807) is 6.07 Å². The molecule has 3 rings (SSSR count). The molecule has 0 spiro atoms. The summed E-state index contributed by atoms with van der Waals surface area (Å²) in [7, 11) is -1.04. The van der Waals surface area contributed by atoms with Crippen LogP contribution in [0.2, 0.25) is 0 Å². The van der Waals surface area contributed by atoms with Gasteiger partial charge in [0.25, 0.3) is 0 Å². The largest absolute Gasteiger partial charge is 0.497 e. The van der Waals surface area contributed by atoms with E-state index < -0.39 is 16.1 Å². The molecule has 0 saturated heterocycles. The van der Waals surface area contributed by atoms with E-state index in [1.165, 1.54) is 37.7 Å². The van der Waals surface area contributed by atoms with Crippen LogP contribution in [0.1, 0.15) is 11.7 Å². The first kappa shape index (κ1) is 18.7. The minimum atomic E-state index is -3.89. The van der Waals surface area contributed by atoms with Crippen LogP contribution in [0.25, 0.3) is 10.1 Å². The quantitative estimate of drug-likeness (QED) is 0.645. The smallest absolute Gasteiger partial charge is 0.244 e. The summed E-state index contributed by atoms with van der Waals surface area (Å²) in [6.07, 6.45) is -0.961. The van der Waals surface area contributed by atoms with Crippen LogP contribution in [0.4, 0.5) is 0 Å². The molecule has 1 unspecified atom stereocenters. The molecule has 0 aliphatic heterocycles. The second-order valence-corrected chi connectivity index (χ2v) is 8.22. The number of methoxy groups -OCH3 is 2. The number of rotatable bonds is 7. The maximum Gasteiger partial charge on any atom is 0.244 e. The molecular weight excluding hydrogens is 374 g/mol. The van der Waals surface area contributed by atoms with E-state index in [0.717, 1.165) is 10.1 Å². The van der Waals surface area contributed by atoms with Crippen LogP contribution in [-0.2, 0) is 10.0 Å². The first-order valence-corrected chi connectivity index (χ1v) is 10.2. The summed E-state index contributed by atoms with van der Waals surface area (Å²) in [5, 5.41) is 13.2. The minimum Gasteiger partial charge on any atom is -0.497 e. The highest BCUT2D eigenvalue weighted by Crippen LogP contribution is 2.31. The molecule has 26 heavy (non-hydrogen) atoms. The number of ether oxygens (including phenoxy) is 2. The van der Waals surface area contributed by atoms with Gasteiger partial charge in [0.15, 0.2) is 0 Å². The van der Waals surface area contributed by atoms with Crippen molar-refractivity contribution in [2.75, 3.05) is 20.8 Å². The van der Waals surface area contributed by atoms with Crippen molar-refractivity contribution < 1.29 is 23.0 Å². The molecule has 1 heterocycles. The molecule has 0 aliphatic carbocycles. The normalized spacial score (nSPS) is 12.9. The standard InChI is InChI=1S/C18H19NO5S2/c1-23-12-7-8-16(24-2)18(9-12)26(21,22)19-10-15(20)14-11-25-17-6-4-3-5-13(14)17/h3-9,11,15,19-20H,10H2,1-2H3. The summed E-state index contributed by atoms with van der Waals surface area (Å²) < 4.78 is 39.0. The number of sulfonamides is 1. The summed E-state index contributed by atoms with van der Waals surface area (Å²) in [6, 6.07) is 12.2. The fourth-order valence-electron chi connectivity index (χ4n) is 2.63. The van der Waals surface area contributed by atoms with E-state index in [4.69, 9.17) is 9.47 Å². The molecular formula is C18H19NO5S2. The van der Waals surface area contributed by atoms with Gasteiger partial charge in [-0.3, -0.25) is 0 Å². The molecule has 138 valence electrons. The predicted octanol–water partition coefficient (Wildman–Crippen LogP) is 2.93. The van der Waals surface area contributed by atoms with Crippen LogP contribution in [0.3, 0.4) is 0 Å². The zero-order valence-electron chi connectivity index (χ0n) is 14.3. The van der Waals surface area contributed by atoms with Crippen LogP contribution in [0.15, 0.2) is 52.7 Å². The third-order valence-corrected chi connectivity index (χ3v) is 6.42. The van der Waals surface area contributed by atoms with Gasteiger partial charge in [-0.25, -0.2) is 13.1 Å². The zero-order valence-corrected chi connectivity index (χ0v) is 15.9. The molecule has 8 heteroatoms. The van der Waals surface area contributed by atoms with Gasteiger partial charge in [-0.2, -0.15) is 0 Å². The van der Waals surface area contributed by atoms with Crippen molar-refractivity contribution in [3.05, 3.63) is 53.4 Å². The summed E-state index contributed by atoms with van der Waals surface area (Å²) >= 11 is 1.51. The monoisotopic (exact) mass is 393 g/mol. The van der Waals surface area contributed by atoms with Crippen LogP contribution in [0, 0.1) is 0 Å². The van der Waals surface area contributed by atoms with E-state index in [-0.39, 0.29) is 17.2 Å². The average molecular weight is 393 g/mol. The van der Waals surface area contributed by atoms with Crippen molar-refractivity contribution in [3.8, 4) is 11.5 Å². The molecule has 0 bridgehead atoms. The molecule has 0 fully saturated rings. The number of fused-ring (bicyclic) bond motifs is 1. The van der Waals surface area contributed by atoms with Crippen molar-refractivity contribution >= 4 is 31.4 Å². The van der Waals surface area contributed by atoms with Crippen molar-refractivity contribution in [1.29, 1.82) is 0 Å². The van der Waals surface area contributed by atoms with Crippen LogP contribution >= 0.6 is 11.3 Å². The van der Waals surface area contributed by atoms with Crippen molar-refractivity contribution in [2.24, 2.45) is 0 Å². The highest BCUT2D eigenvalue weighted by atomic mass is 32.2. The van der Waals surface area contributed by atoms with Crippen molar-refractivity contribution in [2.45, 2.75) is 11.0 Å². The zero-order chi connectivity index (χ0) is 18.7. The first-order chi connectivity index (χ1) is 12.5. The van der Waals surface area contributed by atoms with Gasteiger partial charge in [0, 0.05) is 22.9 Å². The maximum absolute atomic E-state index is 12.7. The Bertz CT molecular complexity index is 1010. The molecule has 2 aromatic carbocycles. The number of hydrogen-bond acceptors (Lipinski definition) is 6. The Morgan fingerprint density at radius 3 is 2.65 bits per heavy atom. The topological polar surface area (TPSA) is 84.9 Å². The highest BCUT2D eigenvalue weighted by Gasteiger charge is 2.22. The molecule has 1 aromatic heterocycles. The number of hydrogen-bond donors (Lipinski definition) is 2. The third kappa shape index (κ3) is 3.68. The van der Waals surface area contributed by atoms with Gasteiger partial charge in [-0.15, -0.1) is 11.3 Å². The summed E-state index contributed by atoms with van der Waals surface area (Å²) in [5.74, 6) is 0.601. The molecule has 2 N–H and O–H groups in total. The van der Waals surface area contributed by atoms with E-state index in [1.807, 2.05) is 29.6 Å². The Balaban J connectivity index is 1.82. The van der Waals surface area contributed by atoms with Gasteiger partial charge in [0.1, 0.15) is 16.4 Å². The van der Waals surface area contributed by atoms with E-state index in [9.17, 15) is 13.5 Å². The van der Waals surface area contributed by atoms with Gasteiger partial charge in [-0.1, -0.05) is 18.2 Å². The van der Waals surface area contributed by atoms with E-state index >= 15 is 0 Å². The lowest BCUT2D eigenvalue weighted by Gasteiger charge is -2.14. The molecule has 3 aromatic rings. The number of aliphatic hydroxyl groups is 1. The van der Waals surface area contributed by atoms with E-state index in [0.29, 0.717) is 11.3 Å². The van der Waals surface area contributed by atoms with E-state index in [2.05, 4.69) is 4.72 Å². The summed E-state index contributed by atoms with van der Waals surface area (Å²) in [6.45, 7) is -0.149. The Morgan fingerprint density at radius 2 is 1.92 bits per heavy atom. The number of benzene rings is 2. The van der Waals surface area contributed by atoms with Crippen molar-refractivity contribution in [1.82, 2.24) is 4.72 Å². The Morgan fingerprint density at radius 1 is 1.15 bits per heavy atom. The van der Waals surface area contributed by atoms with Crippen LogP contribution in [0.5, 0.6) is 11.5 Å². The highest BCUT2D eigenvalue weighted by molar-refractivity contribution is 7.89. The van der Waals surface area contributed by atoms with Gasteiger partial charge in [-0.05, 0) is 29.0 Å². The van der Waals surface area contributed by atoms with Gasteiger partial charge in [0.05, 0.1) is 20.3 Å². The summed E-state index contributed by atoms with van der Waals surface area (Å²) in [4.78, 5) is -0.0401. The average Bonchev–Trinajstić information content (AvgIpc) is 3.10. The molecule has 0 radical (unpaired) electrons. The molecule has 0 amide bonds. The van der Waals surface area contributed by atoms with Crippen LogP contribution in [-0.4, -0.2) is 34.3 Å². The predicted molar refractivity (Wildman–Crippen MR) is 102 cm³/mol. The van der Waals surface area contributed by atoms with Crippen molar-refractivity contribution in [3.63, 3.8) is 0 Å². The third-order valence-electron chi connectivity index (χ3n) is 4.00. The minimum absolute atomic E-state index is 0.0401. The number of nitrogens with one attached hydrogen (secondary N) is 1. The maximum atomic E-state index is 12.7. The lowest BCUT2D eigenvalue weighted by molar-refractivity contribution is 0.184. The fraction of sp³-hybridized carbons (Fsp3) is 0.222. The lowest BCUT2D eigenvalue weighted by atomic mass is 10.1. The molecule has 0 saturated carbocycles. The molecule has 6 nitrogen and oxygen atoms in total. The summed E-state index contributed by atoms with van der Waals surface area (Å²) in [5.41, 5.74) is 0.700. The second-order valence-electron chi connectivity index (χ2n) is 5.57. The van der Waals surface area contributed by atoms with Crippen LogP contribution < -0.4 is 14.2 Å². The number of aliphatic hydroxyl groups excluding tert-OH is 1. The first-order valence-electron chi connectivity index (χ1n) is 7.82. The van der Waals surface area contributed by atoms with Gasteiger partial charge in [0.2, 0.25) is 10.0 Å². The Kier molecular flexibility index (Phi) is 5.47. The Labute approximate surface area is 156 Å². The molecule has 1 atom stereocenters. The number of thiophene rings is 1. The fourth-order valence-corrected chi connectivity index (χ4v) is 4.86. The molecule has 0 aliphatic rings. The second kappa shape index (κ2) is 7.63. The lowest BCUT2D eigenvalue weighted by Crippen LogP contribution is -2.28.